The Balaban J connectivity index is 2.34. The second-order valence-electron chi connectivity index (χ2n) is 2.90. The summed E-state index contributed by atoms with van der Waals surface area (Å²) >= 11 is 5.62. The fourth-order valence-corrected chi connectivity index (χ4v) is 1.33. The van der Waals surface area contributed by atoms with Gasteiger partial charge in [-0.3, -0.25) is 0 Å². The minimum absolute atomic E-state index is 0.245. The first-order valence-electron chi connectivity index (χ1n) is 4.13. The molecule has 0 saturated heterocycles. The van der Waals surface area contributed by atoms with E-state index in [1.165, 1.54) is 12.1 Å². The molecule has 2 rings (SSSR count). The second-order valence-corrected chi connectivity index (χ2v) is 3.14. The van der Waals surface area contributed by atoms with Crippen molar-refractivity contribution in [3.8, 4) is 11.3 Å². The number of imidazole rings is 1. The quantitative estimate of drug-likeness (QED) is 0.697. The van der Waals surface area contributed by atoms with Crippen LogP contribution in [0.5, 0.6) is 0 Å². The number of alkyl halides is 1. The molecule has 0 radical (unpaired) electrons. The maximum absolute atomic E-state index is 12.6. The Hall–Kier alpha value is -1.35. The summed E-state index contributed by atoms with van der Waals surface area (Å²) in [5.74, 6) is -0.245. The number of halogens is 2. The van der Waals surface area contributed by atoms with E-state index in [9.17, 15) is 4.39 Å². The van der Waals surface area contributed by atoms with Crippen LogP contribution in [0.3, 0.4) is 0 Å². The first-order valence-corrected chi connectivity index (χ1v) is 4.67. The predicted molar refractivity (Wildman–Crippen MR) is 53.5 cm³/mol. The molecule has 1 aromatic heterocycles. The highest BCUT2D eigenvalue weighted by molar-refractivity contribution is 6.15. The average Bonchev–Trinajstić information content (AvgIpc) is 2.67. The van der Waals surface area contributed by atoms with Crippen LogP contribution in [-0.4, -0.2) is 9.55 Å². The van der Waals surface area contributed by atoms with E-state index in [1.807, 2.05) is 6.20 Å². The number of hydrogen-bond acceptors (Lipinski definition) is 1. The van der Waals surface area contributed by atoms with Gasteiger partial charge in [-0.25, -0.2) is 9.37 Å². The number of nitrogens with zero attached hydrogens (tertiary/aromatic N) is 2. The van der Waals surface area contributed by atoms with Crippen LogP contribution in [0.25, 0.3) is 11.3 Å². The van der Waals surface area contributed by atoms with Crippen molar-refractivity contribution in [1.82, 2.24) is 9.55 Å². The van der Waals surface area contributed by atoms with Gasteiger partial charge in [0.25, 0.3) is 0 Å². The van der Waals surface area contributed by atoms with E-state index >= 15 is 0 Å². The Morgan fingerprint density at radius 1 is 1.29 bits per heavy atom. The number of hydrogen-bond donors (Lipinski definition) is 0. The van der Waals surface area contributed by atoms with E-state index in [2.05, 4.69) is 4.98 Å². The van der Waals surface area contributed by atoms with Crippen molar-refractivity contribution in [3.63, 3.8) is 0 Å². The fourth-order valence-electron chi connectivity index (χ4n) is 1.20. The van der Waals surface area contributed by atoms with Gasteiger partial charge in [-0.1, -0.05) is 0 Å². The van der Waals surface area contributed by atoms with Crippen LogP contribution < -0.4 is 0 Å². The van der Waals surface area contributed by atoms with E-state index < -0.39 is 0 Å². The third-order valence-electron chi connectivity index (χ3n) is 1.91. The molecule has 0 aliphatic rings. The topological polar surface area (TPSA) is 17.8 Å². The molecule has 72 valence electrons. The minimum Gasteiger partial charge on any atom is -0.323 e. The Labute approximate surface area is 86.0 Å². The van der Waals surface area contributed by atoms with Crippen molar-refractivity contribution < 1.29 is 4.39 Å². The summed E-state index contributed by atoms with van der Waals surface area (Å²) in [6.07, 6.45) is 3.46. The average molecular weight is 211 g/mol. The first kappa shape index (κ1) is 9.21. The number of aromatic nitrogens is 2. The van der Waals surface area contributed by atoms with E-state index in [1.54, 1.807) is 23.0 Å². The monoisotopic (exact) mass is 210 g/mol. The summed E-state index contributed by atoms with van der Waals surface area (Å²) < 4.78 is 14.4. The zero-order valence-corrected chi connectivity index (χ0v) is 8.08. The van der Waals surface area contributed by atoms with Crippen molar-refractivity contribution in [3.05, 3.63) is 42.6 Å². The molecule has 0 amide bonds. The molecule has 0 saturated carbocycles. The van der Waals surface area contributed by atoms with E-state index in [0.29, 0.717) is 6.00 Å². The molecule has 1 aromatic carbocycles. The van der Waals surface area contributed by atoms with Gasteiger partial charge in [-0.05, 0) is 24.3 Å². The Bertz CT molecular complexity index is 422. The summed E-state index contributed by atoms with van der Waals surface area (Å²) in [4.78, 5) is 4.14. The van der Waals surface area contributed by atoms with Gasteiger partial charge in [0.05, 0.1) is 18.0 Å². The molecule has 2 aromatic rings. The maximum Gasteiger partial charge on any atom is 0.123 e. The molecule has 1 heterocycles. The van der Waals surface area contributed by atoms with Crippen LogP contribution in [0.15, 0.2) is 36.8 Å². The van der Waals surface area contributed by atoms with E-state index in [0.717, 1.165) is 11.3 Å². The summed E-state index contributed by atoms with van der Waals surface area (Å²) in [5, 5.41) is 0. The van der Waals surface area contributed by atoms with Crippen molar-refractivity contribution in [1.29, 1.82) is 0 Å². The van der Waals surface area contributed by atoms with E-state index in [-0.39, 0.29) is 5.82 Å². The summed E-state index contributed by atoms with van der Waals surface area (Å²) in [7, 11) is 0. The third-order valence-corrected chi connectivity index (χ3v) is 2.19. The molecular weight excluding hydrogens is 203 g/mol. The lowest BCUT2D eigenvalue weighted by Crippen LogP contribution is -1.84. The minimum atomic E-state index is -0.245. The van der Waals surface area contributed by atoms with Crippen LogP contribution in [0, 0.1) is 5.82 Å². The zero-order valence-electron chi connectivity index (χ0n) is 7.32. The maximum atomic E-state index is 12.6. The Kier molecular flexibility index (Phi) is 2.50. The molecule has 4 heteroatoms. The molecule has 0 aliphatic heterocycles. The normalized spacial score (nSPS) is 10.4. The van der Waals surface area contributed by atoms with Gasteiger partial charge in [-0.2, -0.15) is 0 Å². The van der Waals surface area contributed by atoms with Gasteiger partial charge in [0, 0.05) is 11.8 Å². The molecule has 0 atom stereocenters. The van der Waals surface area contributed by atoms with Crippen LogP contribution >= 0.6 is 11.6 Å². The third kappa shape index (κ3) is 1.77. The van der Waals surface area contributed by atoms with Crippen LogP contribution in [0.4, 0.5) is 4.39 Å². The summed E-state index contributed by atoms with van der Waals surface area (Å²) in [6.45, 7) is 0. The highest BCUT2D eigenvalue weighted by Gasteiger charge is 2.01. The SMILES string of the molecule is Fc1ccc(-c2cn(CCl)cn2)cc1. The van der Waals surface area contributed by atoms with Crippen molar-refractivity contribution >= 4 is 11.6 Å². The molecule has 0 spiro atoms. The van der Waals surface area contributed by atoms with Crippen molar-refractivity contribution in [2.24, 2.45) is 0 Å². The molecule has 0 unspecified atom stereocenters. The second kappa shape index (κ2) is 3.80. The standard InChI is InChI=1S/C10H8ClFN2/c11-6-14-5-10(13-7-14)8-1-3-9(12)4-2-8/h1-5,7H,6H2. The molecule has 0 fully saturated rings. The van der Waals surface area contributed by atoms with Crippen LogP contribution in [0.1, 0.15) is 0 Å². The van der Waals surface area contributed by atoms with Crippen molar-refractivity contribution in [2.45, 2.75) is 6.00 Å². The lowest BCUT2D eigenvalue weighted by Gasteiger charge is -1.95. The molecule has 0 N–H and O–H groups in total. The molecule has 0 bridgehead atoms. The lowest BCUT2D eigenvalue weighted by molar-refractivity contribution is 0.628. The zero-order chi connectivity index (χ0) is 9.97. The van der Waals surface area contributed by atoms with Gasteiger partial charge < -0.3 is 4.57 Å². The molecule has 2 nitrogen and oxygen atoms in total. The molecular formula is C10H8ClFN2. The smallest absolute Gasteiger partial charge is 0.123 e. The van der Waals surface area contributed by atoms with Crippen LogP contribution in [-0.2, 0) is 6.00 Å². The fraction of sp³-hybridized carbons (Fsp3) is 0.100. The Morgan fingerprint density at radius 3 is 2.57 bits per heavy atom. The largest absolute Gasteiger partial charge is 0.323 e. The van der Waals surface area contributed by atoms with Gasteiger partial charge in [-0.15, -0.1) is 11.6 Å². The summed E-state index contributed by atoms with van der Waals surface area (Å²) in [5.41, 5.74) is 1.68. The van der Waals surface area contributed by atoms with Crippen LogP contribution in [0.2, 0.25) is 0 Å². The highest BCUT2D eigenvalue weighted by Crippen LogP contribution is 2.17. The number of rotatable bonds is 2. The van der Waals surface area contributed by atoms with E-state index in [4.69, 9.17) is 11.6 Å². The Morgan fingerprint density at radius 2 is 2.00 bits per heavy atom. The highest BCUT2D eigenvalue weighted by atomic mass is 35.5. The van der Waals surface area contributed by atoms with Crippen molar-refractivity contribution in [2.75, 3.05) is 0 Å². The van der Waals surface area contributed by atoms with Gasteiger partial charge in [0.1, 0.15) is 5.82 Å². The predicted octanol–water partition coefficient (Wildman–Crippen LogP) is 2.89. The summed E-state index contributed by atoms with van der Waals surface area (Å²) in [6, 6.07) is 6.57. The van der Waals surface area contributed by atoms with Gasteiger partial charge >= 0.3 is 0 Å². The molecule has 14 heavy (non-hydrogen) atoms. The number of benzene rings is 1. The van der Waals surface area contributed by atoms with Gasteiger partial charge in [0.2, 0.25) is 0 Å². The molecule has 0 aliphatic carbocycles. The first-order chi connectivity index (χ1) is 6.79. The lowest BCUT2D eigenvalue weighted by atomic mass is 10.2. The van der Waals surface area contributed by atoms with Gasteiger partial charge in [0.15, 0.2) is 0 Å².